The van der Waals surface area contributed by atoms with Gasteiger partial charge in [0.25, 0.3) is 5.91 Å². The number of ether oxygens (including phenoxy) is 1. The minimum absolute atomic E-state index is 0.0328. The van der Waals surface area contributed by atoms with Gasteiger partial charge in [-0.2, -0.15) is 0 Å². The van der Waals surface area contributed by atoms with E-state index in [1.54, 1.807) is 11.1 Å². The molecule has 2 aliphatic rings. The normalized spacial score (nSPS) is 23.0. The highest BCUT2D eigenvalue weighted by Gasteiger charge is 2.29. The third-order valence-electron chi connectivity index (χ3n) is 3.93. The molecule has 5 heteroatoms. The van der Waals surface area contributed by atoms with Crippen molar-refractivity contribution in [2.45, 2.75) is 12.5 Å². The predicted molar refractivity (Wildman–Crippen MR) is 89.7 cm³/mol. The predicted octanol–water partition coefficient (Wildman–Crippen LogP) is 3.00. The Morgan fingerprint density at radius 2 is 2.22 bits per heavy atom. The molecule has 23 heavy (non-hydrogen) atoms. The third-order valence-corrected chi connectivity index (χ3v) is 3.93. The molecule has 0 spiro atoms. The van der Waals surface area contributed by atoms with Crippen molar-refractivity contribution in [3.63, 3.8) is 0 Å². The first kappa shape index (κ1) is 15.1. The highest BCUT2D eigenvalue weighted by molar-refractivity contribution is 6.03. The largest absolute Gasteiger partial charge is 0.504 e. The number of methoxy groups -OCH3 is 1. The Hall–Kier alpha value is -2.82. The second-order valence-electron chi connectivity index (χ2n) is 5.49. The summed E-state index contributed by atoms with van der Waals surface area (Å²) in [6.45, 7) is 4.50. The zero-order chi connectivity index (χ0) is 16.4. The van der Waals surface area contributed by atoms with E-state index in [2.05, 4.69) is 11.6 Å². The number of hydrogen-bond donors (Lipinski definition) is 1. The number of aliphatic imine (C=N–C) groups is 1. The van der Waals surface area contributed by atoms with E-state index in [9.17, 15) is 9.90 Å². The van der Waals surface area contributed by atoms with Gasteiger partial charge in [-0.3, -0.25) is 9.79 Å². The molecule has 2 heterocycles. The Balaban J connectivity index is 2.06. The number of rotatable bonds is 1. The maximum Gasteiger partial charge on any atom is 0.257 e. The summed E-state index contributed by atoms with van der Waals surface area (Å²) in [4.78, 5) is 19.1. The second-order valence-corrected chi connectivity index (χ2v) is 5.49. The Labute approximate surface area is 134 Å². The number of carbonyl (C=O) groups is 1. The van der Waals surface area contributed by atoms with Crippen LogP contribution in [0.1, 0.15) is 16.8 Å². The first-order valence-electron chi connectivity index (χ1n) is 7.37. The topological polar surface area (TPSA) is 62.1 Å². The van der Waals surface area contributed by atoms with Crippen LogP contribution in [0.5, 0.6) is 11.5 Å². The highest BCUT2D eigenvalue weighted by Crippen LogP contribution is 2.36. The van der Waals surface area contributed by atoms with Crippen LogP contribution in [0.4, 0.5) is 5.69 Å². The van der Waals surface area contributed by atoms with Crippen LogP contribution in [0.2, 0.25) is 0 Å². The molecule has 0 fully saturated rings. The van der Waals surface area contributed by atoms with E-state index in [-0.39, 0.29) is 23.4 Å². The molecule has 3 rings (SSSR count). The SMILES string of the molecule is C=C1/C=C\C=C/CN2C(=O)c3cc(OC)c(O)cc3N=C[C@@H]2C1. The number of benzene rings is 1. The summed E-state index contributed by atoms with van der Waals surface area (Å²) >= 11 is 0. The molecular formula is C18H18N2O3. The molecule has 0 aromatic heterocycles. The van der Waals surface area contributed by atoms with E-state index in [0.29, 0.717) is 24.2 Å². The van der Waals surface area contributed by atoms with Crippen molar-refractivity contribution in [2.75, 3.05) is 13.7 Å². The fourth-order valence-corrected chi connectivity index (χ4v) is 2.71. The molecule has 0 radical (unpaired) electrons. The lowest BCUT2D eigenvalue weighted by Crippen LogP contribution is -2.40. The fourth-order valence-electron chi connectivity index (χ4n) is 2.71. The van der Waals surface area contributed by atoms with Crippen molar-refractivity contribution in [3.8, 4) is 11.5 Å². The zero-order valence-electron chi connectivity index (χ0n) is 12.9. The van der Waals surface area contributed by atoms with Crippen molar-refractivity contribution < 1.29 is 14.6 Å². The summed E-state index contributed by atoms with van der Waals surface area (Å²) < 4.78 is 5.11. The van der Waals surface area contributed by atoms with E-state index in [1.165, 1.54) is 19.2 Å². The Morgan fingerprint density at radius 1 is 1.39 bits per heavy atom. The summed E-state index contributed by atoms with van der Waals surface area (Å²) in [6.07, 6.45) is 10.0. The fraction of sp³-hybridized carbons (Fsp3) is 0.222. The zero-order valence-corrected chi connectivity index (χ0v) is 12.9. The van der Waals surface area contributed by atoms with Crippen molar-refractivity contribution in [2.24, 2.45) is 4.99 Å². The minimum Gasteiger partial charge on any atom is -0.504 e. The van der Waals surface area contributed by atoms with Crippen LogP contribution < -0.4 is 4.74 Å². The molecule has 0 unspecified atom stereocenters. The van der Waals surface area contributed by atoms with Crippen LogP contribution in [0, 0.1) is 0 Å². The number of fused-ring (bicyclic) bond motifs is 2. The standard InChI is InChI=1S/C18H18N2O3/c1-12-6-4-3-5-7-20-13(8-12)11-19-15-10-16(21)17(23-2)9-14(15)18(20)22/h3-6,9-11,13,21H,1,7-8H2,2H3/b5-3-,6-4-/t13-/m0/s1. The van der Waals surface area contributed by atoms with E-state index in [0.717, 1.165) is 5.57 Å². The van der Waals surface area contributed by atoms with Crippen LogP contribution in [-0.2, 0) is 0 Å². The molecular weight excluding hydrogens is 292 g/mol. The number of carbonyl (C=O) groups excluding carboxylic acids is 1. The third kappa shape index (κ3) is 2.90. The maximum atomic E-state index is 13.0. The van der Waals surface area contributed by atoms with Crippen LogP contribution in [0.3, 0.4) is 0 Å². The first-order chi connectivity index (χ1) is 11.1. The quantitative estimate of drug-likeness (QED) is 0.867. The molecule has 5 nitrogen and oxygen atoms in total. The van der Waals surface area contributed by atoms with Crippen molar-refractivity contribution in [1.29, 1.82) is 0 Å². The first-order valence-corrected chi connectivity index (χ1v) is 7.37. The molecule has 1 N–H and O–H groups in total. The molecule has 0 bridgehead atoms. The van der Waals surface area contributed by atoms with Gasteiger partial charge in [-0.15, -0.1) is 0 Å². The number of phenolic OH excluding ortho intramolecular Hbond substituents is 1. The van der Waals surface area contributed by atoms with Crippen LogP contribution in [-0.4, -0.2) is 41.8 Å². The molecule has 118 valence electrons. The summed E-state index contributed by atoms with van der Waals surface area (Å²) in [5, 5.41) is 9.91. The van der Waals surface area contributed by atoms with Crippen LogP contribution >= 0.6 is 0 Å². The lowest BCUT2D eigenvalue weighted by atomic mass is 10.1. The molecule has 1 aromatic rings. The number of amides is 1. The summed E-state index contributed by atoms with van der Waals surface area (Å²) in [6, 6.07) is 2.82. The highest BCUT2D eigenvalue weighted by atomic mass is 16.5. The van der Waals surface area contributed by atoms with Crippen molar-refractivity contribution >= 4 is 17.8 Å². The van der Waals surface area contributed by atoms with Gasteiger partial charge in [0, 0.05) is 18.8 Å². The summed E-state index contributed by atoms with van der Waals surface area (Å²) in [5.74, 6) is 0.0892. The van der Waals surface area contributed by atoms with Gasteiger partial charge in [-0.25, -0.2) is 0 Å². The number of allylic oxidation sites excluding steroid dienone is 3. The number of aromatic hydroxyl groups is 1. The summed E-state index contributed by atoms with van der Waals surface area (Å²) in [5.41, 5.74) is 1.80. The Kier molecular flexibility index (Phi) is 4.02. The second kappa shape index (κ2) is 6.12. The molecule has 1 aromatic carbocycles. The van der Waals surface area contributed by atoms with Crippen molar-refractivity contribution in [1.82, 2.24) is 4.90 Å². The molecule has 2 aliphatic heterocycles. The molecule has 1 atom stereocenters. The van der Waals surface area contributed by atoms with E-state index in [4.69, 9.17) is 4.74 Å². The molecule has 0 saturated heterocycles. The lowest BCUT2D eigenvalue weighted by molar-refractivity contribution is 0.0752. The average Bonchev–Trinajstić information content (AvgIpc) is 2.60. The van der Waals surface area contributed by atoms with Gasteiger partial charge in [0.15, 0.2) is 11.5 Å². The van der Waals surface area contributed by atoms with Crippen LogP contribution in [0.15, 0.2) is 53.6 Å². The number of nitrogens with zero attached hydrogens (tertiary/aromatic N) is 2. The van der Waals surface area contributed by atoms with E-state index < -0.39 is 0 Å². The molecule has 0 saturated carbocycles. The van der Waals surface area contributed by atoms with Gasteiger partial charge in [-0.1, -0.05) is 36.5 Å². The molecule has 1 amide bonds. The van der Waals surface area contributed by atoms with Gasteiger partial charge in [-0.05, 0) is 12.5 Å². The van der Waals surface area contributed by atoms with Gasteiger partial charge in [0.1, 0.15) is 0 Å². The summed E-state index contributed by atoms with van der Waals surface area (Å²) in [7, 11) is 1.45. The van der Waals surface area contributed by atoms with Gasteiger partial charge in [0.2, 0.25) is 0 Å². The average molecular weight is 310 g/mol. The number of phenols is 1. The Morgan fingerprint density at radius 3 is 3.00 bits per heavy atom. The van der Waals surface area contributed by atoms with Crippen LogP contribution in [0.25, 0.3) is 0 Å². The van der Waals surface area contributed by atoms with E-state index >= 15 is 0 Å². The van der Waals surface area contributed by atoms with E-state index in [1.807, 2.05) is 24.3 Å². The minimum atomic E-state index is -0.178. The van der Waals surface area contributed by atoms with Gasteiger partial charge < -0.3 is 14.7 Å². The lowest BCUT2D eigenvalue weighted by Gasteiger charge is -2.27. The Bertz CT molecular complexity index is 747. The maximum absolute atomic E-state index is 13.0. The number of hydrogen-bond acceptors (Lipinski definition) is 4. The monoisotopic (exact) mass is 310 g/mol. The van der Waals surface area contributed by atoms with Gasteiger partial charge >= 0.3 is 0 Å². The molecule has 0 aliphatic carbocycles. The van der Waals surface area contributed by atoms with Crippen molar-refractivity contribution in [3.05, 3.63) is 54.2 Å². The smallest absolute Gasteiger partial charge is 0.257 e. The van der Waals surface area contributed by atoms with Gasteiger partial charge in [0.05, 0.1) is 24.4 Å².